The van der Waals surface area contributed by atoms with E-state index in [1.807, 2.05) is 28.8 Å². The van der Waals surface area contributed by atoms with Gasteiger partial charge in [0.2, 0.25) is 0 Å². The van der Waals surface area contributed by atoms with Gasteiger partial charge < -0.3 is 10.6 Å². The van der Waals surface area contributed by atoms with Crippen LogP contribution in [0.2, 0.25) is 0 Å². The SMILES string of the molecule is CC(C)c1ccc(-n2c(-c3ccc(C#N)c(F)c3)nc3c(N4CCCC(N)C4)ccnc32)cc1. The fourth-order valence-corrected chi connectivity index (χ4v) is 4.64. The summed E-state index contributed by atoms with van der Waals surface area (Å²) in [6.45, 7) is 5.98. The molecule has 5 rings (SSSR count). The molecule has 0 amide bonds. The summed E-state index contributed by atoms with van der Waals surface area (Å²) in [6.07, 6.45) is 3.83. The molecule has 7 heteroatoms. The summed E-state index contributed by atoms with van der Waals surface area (Å²) in [6, 6.07) is 16.9. The number of pyridine rings is 1. The monoisotopic (exact) mass is 454 g/mol. The van der Waals surface area contributed by atoms with Gasteiger partial charge in [0, 0.05) is 36.6 Å². The molecule has 0 spiro atoms. The topological polar surface area (TPSA) is 83.8 Å². The number of nitrogens with zero attached hydrogens (tertiary/aromatic N) is 5. The van der Waals surface area contributed by atoms with Gasteiger partial charge in [0.25, 0.3) is 0 Å². The van der Waals surface area contributed by atoms with E-state index >= 15 is 0 Å². The third kappa shape index (κ3) is 3.91. The lowest BCUT2D eigenvalue weighted by Crippen LogP contribution is -2.42. The van der Waals surface area contributed by atoms with Gasteiger partial charge >= 0.3 is 0 Å². The van der Waals surface area contributed by atoms with Crippen molar-refractivity contribution >= 4 is 16.9 Å². The molecule has 1 fully saturated rings. The molecule has 1 aliphatic rings. The van der Waals surface area contributed by atoms with Crippen LogP contribution in [-0.4, -0.2) is 33.7 Å². The van der Waals surface area contributed by atoms with E-state index in [0.717, 1.165) is 42.8 Å². The maximum atomic E-state index is 14.6. The predicted molar refractivity (Wildman–Crippen MR) is 132 cm³/mol. The predicted octanol–water partition coefficient (Wildman–Crippen LogP) is 5.15. The molecule has 1 unspecified atom stereocenters. The summed E-state index contributed by atoms with van der Waals surface area (Å²) in [4.78, 5) is 11.9. The molecule has 34 heavy (non-hydrogen) atoms. The standard InChI is InChI=1S/C27H27FN6/c1-17(2)18-7-9-22(10-8-18)34-26(19-5-6-20(15-29)23(28)14-19)32-25-24(11-12-31-27(25)34)33-13-3-4-21(30)16-33/h5-12,14,17,21H,3-4,13,16,30H2,1-2H3. The molecule has 1 atom stereocenters. The van der Waals surface area contributed by atoms with Crippen LogP contribution in [0.3, 0.4) is 0 Å². The number of rotatable bonds is 4. The Kier molecular flexibility index (Phi) is 5.76. The smallest absolute Gasteiger partial charge is 0.167 e. The van der Waals surface area contributed by atoms with Gasteiger partial charge in [0.15, 0.2) is 5.65 Å². The zero-order valence-electron chi connectivity index (χ0n) is 19.4. The number of piperidine rings is 1. The summed E-state index contributed by atoms with van der Waals surface area (Å²) in [5.74, 6) is 0.426. The minimum absolute atomic E-state index is 0.00816. The average Bonchev–Trinajstić information content (AvgIpc) is 3.23. The lowest BCUT2D eigenvalue weighted by molar-refractivity contribution is 0.507. The first-order valence-corrected chi connectivity index (χ1v) is 11.6. The van der Waals surface area contributed by atoms with Crippen molar-refractivity contribution in [1.29, 1.82) is 5.26 Å². The Hall–Kier alpha value is -3.76. The summed E-state index contributed by atoms with van der Waals surface area (Å²) in [5.41, 5.74) is 11.4. The van der Waals surface area contributed by atoms with Gasteiger partial charge in [0.1, 0.15) is 23.2 Å². The van der Waals surface area contributed by atoms with Crippen molar-refractivity contribution in [3.63, 3.8) is 0 Å². The molecule has 2 N–H and O–H groups in total. The summed E-state index contributed by atoms with van der Waals surface area (Å²) < 4.78 is 16.5. The molecule has 0 bridgehead atoms. The van der Waals surface area contributed by atoms with Crippen LogP contribution in [0.1, 0.15) is 43.7 Å². The van der Waals surface area contributed by atoms with E-state index in [0.29, 0.717) is 23.0 Å². The number of fused-ring (bicyclic) bond motifs is 1. The molecular weight excluding hydrogens is 427 g/mol. The number of nitriles is 1. The molecule has 172 valence electrons. The normalized spacial score (nSPS) is 16.2. The van der Waals surface area contributed by atoms with Gasteiger partial charge in [-0.15, -0.1) is 0 Å². The lowest BCUT2D eigenvalue weighted by Gasteiger charge is -2.32. The van der Waals surface area contributed by atoms with Gasteiger partial charge in [-0.3, -0.25) is 4.57 Å². The van der Waals surface area contributed by atoms with Crippen molar-refractivity contribution < 1.29 is 4.39 Å². The molecule has 0 saturated carbocycles. The van der Waals surface area contributed by atoms with Crippen LogP contribution in [0, 0.1) is 17.1 Å². The van der Waals surface area contributed by atoms with Crippen molar-refractivity contribution in [3.8, 4) is 23.1 Å². The van der Waals surface area contributed by atoms with Gasteiger partial charge in [-0.2, -0.15) is 5.26 Å². The quantitative estimate of drug-likeness (QED) is 0.461. The molecule has 1 aliphatic heterocycles. The Balaban J connectivity index is 1.73. The van der Waals surface area contributed by atoms with Gasteiger partial charge in [-0.25, -0.2) is 14.4 Å². The zero-order valence-corrected chi connectivity index (χ0v) is 19.4. The molecule has 0 radical (unpaired) electrons. The second-order valence-electron chi connectivity index (χ2n) is 9.17. The number of benzene rings is 2. The van der Waals surface area contributed by atoms with E-state index in [1.165, 1.54) is 17.7 Å². The molecule has 4 aromatic rings. The van der Waals surface area contributed by atoms with E-state index in [2.05, 4.69) is 35.9 Å². The third-order valence-electron chi connectivity index (χ3n) is 6.49. The second-order valence-corrected chi connectivity index (χ2v) is 9.17. The minimum atomic E-state index is -0.566. The molecule has 2 aromatic heterocycles. The molecule has 1 saturated heterocycles. The van der Waals surface area contributed by atoms with Crippen molar-refractivity contribution in [2.24, 2.45) is 5.73 Å². The number of nitrogens with two attached hydrogens (primary N) is 1. The highest BCUT2D eigenvalue weighted by molar-refractivity contribution is 5.90. The second kappa shape index (κ2) is 8.88. The molecule has 0 aliphatic carbocycles. The first-order valence-electron chi connectivity index (χ1n) is 11.6. The van der Waals surface area contributed by atoms with E-state index in [9.17, 15) is 4.39 Å². The number of aromatic nitrogens is 3. The Morgan fingerprint density at radius 1 is 1.15 bits per heavy atom. The van der Waals surface area contributed by atoms with Crippen molar-refractivity contribution in [3.05, 3.63) is 71.7 Å². The highest BCUT2D eigenvalue weighted by Crippen LogP contribution is 2.34. The molecular formula is C27H27FN6. The van der Waals surface area contributed by atoms with Crippen LogP contribution in [0.25, 0.3) is 28.2 Å². The van der Waals surface area contributed by atoms with Crippen molar-refractivity contribution in [2.45, 2.75) is 38.6 Å². The lowest BCUT2D eigenvalue weighted by atomic mass is 10.0. The van der Waals surface area contributed by atoms with Crippen LogP contribution >= 0.6 is 0 Å². The minimum Gasteiger partial charge on any atom is -0.368 e. The fourth-order valence-electron chi connectivity index (χ4n) is 4.64. The van der Waals surface area contributed by atoms with E-state index in [4.69, 9.17) is 16.0 Å². The Labute approximate surface area is 198 Å². The Morgan fingerprint density at radius 2 is 1.94 bits per heavy atom. The number of hydrogen-bond acceptors (Lipinski definition) is 5. The van der Waals surface area contributed by atoms with Crippen molar-refractivity contribution in [1.82, 2.24) is 14.5 Å². The molecule has 3 heterocycles. The number of hydrogen-bond donors (Lipinski definition) is 1. The van der Waals surface area contributed by atoms with E-state index in [1.54, 1.807) is 12.3 Å². The number of anilines is 1. The first kappa shape index (κ1) is 22.1. The average molecular weight is 455 g/mol. The van der Waals surface area contributed by atoms with E-state index < -0.39 is 5.82 Å². The zero-order chi connectivity index (χ0) is 23.8. The van der Waals surface area contributed by atoms with Crippen LogP contribution in [0.15, 0.2) is 54.7 Å². The summed E-state index contributed by atoms with van der Waals surface area (Å²) in [7, 11) is 0. The third-order valence-corrected chi connectivity index (χ3v) is 6.49. The van der Waals surface area contributed by atoms with Crippen LogP contribution in [0.5, 0.6) is 0 Å². The van der Waals surface area contributed by atoms with Gasteiger partial charge in [0.05, 0.1) is 11.3 Å². The molecule has 6 nitrogen and oxygen atoms in total. The van der Waals surface area contributed by atoms with Gasteiger partial charge in [-0.1, -0.05) is 26.0 Å². The molecule has 2 aromatic carbocycles. The Bertz CT molecular complexity index is 1380. The summed E-state index contributed by atoms with van der Waals surface area (Å²) in [5, 5.41) is 9.16. The van der Waals surface area contributed by atoms with E-state index in [-0.39, 0.29) is 11.6 Å². The fraction of sp³-hybridized carbons (Fsp3) is 0.296. The highest BCUT2D eigenvalue weighted by Gasteiger charge is 2.24. The van der Waals surface area contributed by atoms with Crippen LogP contribution in [0.4, 0.5) is 10.1 Å². The maximum Gasteiger partial charge on any atom is 0.167 e. The van der Waals surface area contributed by atoms with Crippen LogP contribution < -0.4 is 10.6 Å². The Morgan fingerprint density at radius 3 is 2.62 bits per heavy atom. The number of halogens is 1. The van der Waals surface area contributed by atoms with Crippen LogP contribution in [-0.2, 0) is 0 Å². The largest absolute Gasteiger partial charge is 0.368 e. The first-order chi connectivity index (χ1) is 16.5. The maximum absolute atomic E-state index is 14.6. The summed E-state index contributed by atoms with van der Waals surface area (Å²) >= 11 is 0. The number of imidazole rings is 1. The van der Waals surface area contributed by atoms with Crippen molar-refractivity contribution in [2.75, 3.05) is 18.0 Å². The van der Waals surface area contributed by atoms with Gasteiger partial charge in [-0.05, 0) is 60.7 Å². The highest BCUT2D eigenvalue weighted by atomic mass is 19.1.